The lowest BCUT2D eigenvalue weighted by atomic mass is 9.82. The second kappa shape index (κ2) is 5.59. The van der Waals surface area contributed by atoms with E-state index in [2.05, 4.69) is 53.2 Å². The van der Waals surface area contributed by atoms with Crippen molar-refractivity contribution in [3.63, 3.8) is 0 Å². The molecule has 0 aliphatic heterocycles. The number of fused-ring (bicyclic) bond motifs is 1. The summed E-state index contributed by atoms with van der Waals surface area (Å²) >= 11 is 12.1. The number of benzene rings is 1. The van der Waals surface area contributed by atoms with Gasteiger partial charge in [-0.05, 0) is 65.2 Å². The van der Waals surface area contributed by atoms with Crippen molar-refractivity contribution in [2.45, 2.75) is 31.6 Å². The molecule has 2 aromatic rings. The summed E-state index contributed by atoms with van der Waals surface area (Å²) in [5, 5.41) is 0.142. The zero-order chi connectivity index (χ0) is 13.4. The van der Waals surface area contributed by atoms with Crippen molar-refractivity contribution in [2.24, 2.45) is 5.92 Å². The average molecular weight is 356 g/mol. The number of hydrogen-bond donors (Lipinski definition) is 0. The number of thiophene rings is 1. The molecule has 0 fully saturated rings. The van der Waals surface area contributed by atoms with Crippen LogP contribution in [0.25, 0.3) is 0 Å². The Balaban J connectivity index is 1.81. The van der Waals surface area contributed by atoms with E-state index in [0.29, 0.717) is 5.92 Å². The summed E-state index contributed by atoms with van der Waals surface area (Å²) < 4.78 is 1.19. The van der Waals surface area contributed by atoms with E-state index in [9.17, 15) is 0 Å². The van der Waals surface area contributed by atoms with Crippen LogP contribution in [0.2, 0.25) is 0 Å². The first kappa shape index (κ1) is 13.7. The maximum atomic E-state index is 6.73. The number of aryl methyl sites for hydroxylation is 2. The van der Waals surface area contributed by atoms with E-state index in [1.54, 1.807) is 0 Å². The second-order valence-corrected chi connectivity index (χ2v) is 7.84. The van der Waals surface area contributed by atoms with Gasteiger partial charge in [-0.25, -0.2) is 0 Å². The molecule has 0 bridgehead atoms. The Hall–Kier alpha value is -0.310. The van der Waals surface area contributed by atoms with Crippen molar-refractivity contribution in [1.82, 2.24) is 0 Å². The molecule has 100 valence electrons. The Morgan fingerprint density at radius 1 is 1.32 bits per heavy atom. The van der Waals surface area contributed by atoms with Crippen LogP contribution in [-0.2, 0) is 12.8 Å². The normalized spacial score (nSPS) is 20.1. The van der Waals surface area contributed by atoms with Crippen LogP contribution < -0.4 is 0 Å². The van der Waals surface area contributed by atoms with Crippen LogP contribution in [0.5, 0.6) is 0 Å². The number of alkyl halides is 1. The summed E-state index contributed by atoms with van der Waals surface area (Å²) in [5.41, 5.74) is 2.99. The first-order chi connectivity index (χ1) is 9.15. The van der Waals surface area contributed by atoms with Gasteiger partial charge in [-0.1, -0.05) is 24.3 Å². The van der Waals surface area contributed by atoms with E-state index in [4.69, 9.17) is 11.6 Å². The summed E-state index contributed by atoms with van der Waals surface area (Å²) in [6.07, 6.45) is 3.47. The van der Waals surface area contributed by atoms with Gasteiger partial charge in [-0.2, -0.15) is 0 Å². The number of rotatable bonds is 2. The van der Waals surface area contributed by atoms with Crippen molar-refractivity contribution >= 4 is 38.9 Å². The van der Waals surface area contributed by atoms with Crippen LogP contribution in [0.1, 0.15) is 32.7 Å². The van der Waals surface area contributed by atoms with Gasteiger partial charge >= 0.3 is 0 Å². The lowest BCUT2D eigenvalue weighted by Crippen LogP contribution is -2.17. The Morgan fingerprint density at radius 3 is 2.74 bits per heavy atom. The van der Waals surface area contributed by atoms with Crippen molar-refractivity contribution in [1.29, 1.82) is 0 Å². The Morgan fingerprint density at radius 2 is 2.05 bits per heavy atom. The topological polar surface area (TPSA) is 0 Å². The molecule has 0 saturated heterocycles. The van der Waals surface area contributed by atoms with Crippen LogP contribution >= 0.6 is 38.9 Å². The molecule has 1 aliphatic carbocycles. The molecule has 1 aromatic carbocycles. The van der Waals surface area contributed by atoms with E-state index in [1.807, 2.05) is 11.3 Å². The van der Waals surface area contributed by atoms with Crippen molar-refractivity contribution < 1.29 is 0 Å². The summed E-state index contributed by atoms with van der Waals surface area (Å²) in [7, 11) is 0. The summed E-state index contributed by atoms with van der Waals surface area (Å²) in [6.45, 7) is 2.14. The van der Waals surface area contributed by atoms with E-state index >= 15 is 0 Å². The largest absolute Gasteiger partial charge is 0.143 e. The molecule has 0 saturated carbocycles. The van der Waals surface area contributed by atoms with Crippen molar-refractivity contribution in [3.8, 4) is 0 Å². The third-order valence-corrected chi connectivity index (χ3v) is 6.89. The number of hydrogen-bond acceptors (Lipinski definition) is 1. The highest BCUT2D eigenvalue weighted by Crippen LogP contribution is 2.42. The maximum Gasteiger partial charge on any atom is 0.0710 e. The fourth-order valence-electron chi connectivity index (χ4n) is 2.83. The highest BCUT2D eigenvalue weighted by Gasteiger charge is 2.27. The minimum absolute atomic E-state index is 0.142. The fraction of sp³-hybridized carbons (Fsp3) is 0.375. The third kappa shape index (κ3) is 2.76. The van der Waals surface area contributed by atoms with Crippen LogP contribution in [0.15, 0.2) is 34.8 Å². The minimum atomic E-state index is 0.142. The third-order valence-electron chi connectivity index (χ3n) is 3.95. The molecule has 1 aromatic heterocycles. The molecule has 0 N–H and O–H groups in total. The monoisotopic (exact) mass is 354 g/mol. The van der Waals surface area contributed by atoms with Crippen molar-refractivity contribution in [2.75, 3.05) is 0 Å². The Kier molecular flexibility index (Phi) is 4.02. The maximum absolute atomic E-state index is 6.73. The van der Waals surface area contributed by atoms with Crippen LogP contribution in [0.3, 0.4) is 0 Å². The van der Waals surface area contributed by atoms with E-state index in [1.165, 1.54) is 31.8 Å². The predicted molar refractivity (Wildman–Crippen MR) is 87.3 cm³/mol. The van der Waals surface area contributed by atoms with Crippen LogP contribution in [0.4, 0.5) is 0 Å². The Labute approximate surface area is 131 Å². The van der Waals surface area contributed by atoms with Crippen LogP contribution in [-0.4, -0.2) is 0 Å². The molecule has 3 heteroatoms. The molecular weight excluding hydrogens is 340 g/mol. The fourth-order valence-corrected chi connectivity index (χ4v) is 4.87. The minimum Gasteiger partial charge on any atom is -0.143 e. The molecule has 2 atom stereocenters. The van der Waals surface area contributed by atoms with Gasteiger partial charge in [0.1, 0.15) is 0 Å². The van der Waals surface area contributed by atoms with Gasteiger partial charge in [-0.3, -0.25) is 0 Å². The van der Waals surface area contributed by atoms with E-state index in [0.717, 1.165) is 12.8 Å². The molecule has 19 heavy (non-hydrogen) atoms. The SMILES string of the molecule is Cc1sc(C(Cl)C2CCc3ccccc3C2)cc1Br. The summed E-state index contributed by atoms with van der Waals surface area (Å²) in [4.78, 5) is 2.62. The highest BCUT2D eigenvalue weighted by molar-refractivity contribution is 9.10. The van der Waals surface area contributed by atoms with Gasteiger partial charge in [0.2, 0.25) is 0 Å². The van der Waals surface area contributed by atoms with Gasteiger partial charge in [0.05, 0.1) is 5.38 Å². The lowest BCUT2D eigenvalue weighted by molar-refractivity contribution is 0.446. The quantitative estimate of drug-likeness (QED) is 0.588. The molecule has 0 spiro atoms. The first-order valence-electron chi connectivity index (χ1n) is 6.62. The molecule has 0 radical (unpaired) electrons. The molecule has 1 heterocycles. The second-order valence-electron chi connectivity index (χ2n) is 5.23. The smallest absolute Gasteiger partial charge is 0.0710 e. The van der Waals surface area contributed by atoms with Crippen molar-refractivity contribution in [3.05, 3.63) is 55.7 Å². The zero-order valence-electron chi connectivity index (χ0n) is 10.8. The van der Waals surface area contributed by atoms with Gasteiger partial charge in [-0.15, -0.1) is 22.9 Å². The highest BCUT2D eigenvalue weighted by atomic mass is 79.9. The van der Waals surface area contributed by atoms with Gasteiger partial charge in [0, 0.05) is 14.2 Å². The molecule has 0 amide bonds. The first-order valence-corrected chi connectivity index (χ1v) is 8.66. The number of halogens is 2. The Bertz CT molecular complexity index is 571. The molecule has 0 nitrogen and oxygen atoms in total. The van der Waals surface area contributed by atoms with Gasteiger partial charge < -0.3 is 0 Å². The molecule has 3 rings (SSSR count). The van der Waals surface area contributed by atoms with E-state index < -0.39 is 0 Å². The van der Waals surface area contributed by atoms with Gasteiger partial charge in [0.25, 0.3) is 0 Å². The molecule has 1 aliphatic rings. The van der Waals surface area contributed by atoms with Gasteiger partial charge in [0.15, 0.2) is 0 Å². The van der Waals surface area contributed by atoms with E-state index in [-0.39, 0.29) is 5.38 Å². The average Bonchev–Trinajstić information content (AvgIpc) is 2.77. The standard InChI is InChI=1S/C16H16BrClS/c1-10-14(17)9-15(19-10)16(18)13-7-6-11-4-2-3-5-12(11)8-13/h2-5,9,13,16H,6-8H2,1H3. The lowest BCUT2D eigenvalue weighted by Gasteiger charge is -2.27. The van der Waals surface area contributed by atoms with Crippen LogP contribution in [0, 0.1) is 12.8 Å². The molecule has 2 unspecified atom stereocenters. The molecular formula is C16H16BrClS. The zero-order valence-corrected chi connectivity index (χ0v) is 14.0. The summed E-state index contributed by atoms with van der Waals surface area (Å²) in [5.74, 6) is 0.557. The predicted octanol–water partition coefficient (Wildman–Crippen LogP) is 5.90. The summed E-state index contributed by atoms with van der Waals surface area (Å²) in [6, 6.07) is 11.0.